The third kappa shape index (κ3) is 3.76. The Kier molecular flexibility index (Phi) is 4.70. The average Bonchev–Trinajstić information content (AvgIpc) is 2.45. The highest BCUT2D eigenvalue weighted by molar-refractivity contribution is 9.08. The smallest absolute Gasteiger partial charge is 0.416 e. The van der Waals surface area contributed by atoms with Crippen LogP contribution in [0.2, 0.25) is 0 Å². The van der Waals surface area contributed by atoms with Gasteiger partial charge in [-0.25, -0.2) is 0 Å². The molecular formula is C15H12BrF3O. The third-order valence-electron chi connectivity index (χ3n) is 2.77. The van der Waals surface area contributed by atoms with Crippen molar-refractivity contribution in [2.24, 2.45) is 0 Å². The molecule has 0 radical (unpaired) electrons. The molecule has 0 N–H and O–H groups in total. The summed E-state index contributed by atoms with van der Waals surface area (Å²) in [5, 5.41) is 0.631. The first-order valence-corrected chi connectivity index (χ1v) is 7.05. The SMILES string of the molecule is FC(F)(F)c1cccc(COc2ccccc2CBr)c1. The van der Waals surface area contributed by atoms with E-state index in [1.807, 2.05) is 18.2 Å². The van der Waals surface area contributed by atoms with E-state index in [0.717, 1.165) is 17.7 Å². The van der Waals surface area contributed by atoms with Gasteiger partial charge in [0.25, 0.3) is 0 Å². The van der Waals surface area contributed by atoms with Crippen LogP contribution < -0.4 is 4.74 Å². The van der Waals surface area contributed by atoms with E-state index < -0.39 is 11.7 Å². The van der Waals surface area contributed by atoms with Crippen LogP contribution >= 0.6 is 15.9 Å². The zero-order valence-electron chi connectivity index (χ0n) is 10.5. The normalized spacial score (nSPS) is 11.4. The molecule has 0 aliphatic rings. The van der Waals surface area contributed by atoms with Gasteiger partial charge in [-0.1, -0.05) is 46.3 Å². The lowest BCUT2D eigenvalue weighted by Crippen LogP contribution is -2.06. The van der Waals surface area contributed by atoms with Crippen LogP contribution in [0.3, 0.4) is 0 Å². The highest BCUT2D eigenvalue weighted by atomic mass is 79.9. The Morgan fingerprint density at radius 2 is 1.75 bits per heavy atom. The van der Waals surface area contributed by atoms with Crippen LogP contribution in [0.5, 0.6) is 5.75 Å². The molecule has 0 fully saturated rings. The van der Waals surface area contributed by atoms with E-state index in [0.29, 0.717) is 16.6 Å². The maximum atomic E-state index is 12.6. The molecule has 106 valence electrons. The Balaban J connectivity index is 2.11. The van der Waals surface area contributed by atoms with E-state index >= 15 is 0 Å². The summed E-state index contributed by atoms with van der Waals surface area (Å²) < 4.78 is 43.4. The van der Waals surface area contributed by atoms with Gasteiger partial charge in [-0.3, -0.25) is 0 Å². The Labute approximate surface area is 123 Å². The van der Waals surface area contributed by atoms with Gasteiger partial charge in [0.1, 0.15) is 12.4 Å². The molecule has 0 aliphatic heterocycles. The number of hydrogen-bond donors (Lipinski definition) is 0. The maximum absolute atomic E-state index is 12.6. The maximum Gasteiger partial charge on any atom is 0.416 e. The van der Waals surface area contributed by atoms with Crippen molar-refractivity contribution in [2.45, 2.75) is 18.1 Å². The molecule has 2 aromatic carbocycles. The summed E-state index contributed by atoms with van der Waals surface area (Å²) in [5.41, 5.74) is 0.788. The standard InChI is InChI=1S/C15H12BrF3O/c16-9-12-5-1-2-7-14(12)20-10-11-4-3-6-13(8-11)15(17,18)19/h1-8H,9-10H2. The fourth-order valence-corrected chi connectivity index (χ4v) is 2.22. The van der Waals surface area contributed by atoms with Gasteiger partial charge in [-0.2, -0.15) is 13.2 Å². The summed E-state index contributed by atoms with van der Waals surface area (Å²) in [6, 6.07) is 12.6. The third-order valence-corrected chi connectivity index (χ3v) is 3.37. The predicted molar refractivity (Wildman–Crippen MR) is 74.8 cm³/mol. The van der Waals surface area contributed by atoms with Gasteiger partial charge in [0, 0.05) is 10.9 Å². The van der Waals surface area contributed by atoms with E-state index in [2.05, 4.69) is 15.9 Å². The van der Waals surface area contributed by atoms with Gasteiger partial charge in [0.2, 0.25) is 0 Å². The summed E-state index contributed by atoms with van der Waals surface area (Å²) >= 11 is 3.34. The monoisotopic (exact) mass is 344 g/mol. The molecule has 2 aromatic rings. The van der Waals surface area contributed by atoms with Crippen LogP contribution in [-0.2, 0) is 18.1 Å². The number of halogens is 4. The van der Waals surface area contributed by atoms with E-state index in [9.17, 15) is 13.2 Å². The van der Waals surface area contributed by atoms with Gasteiger partial charge >= 0.3 is 6.18 Å². The van der Waals surface area contributed by atoms with Crippen molar-refractivity contribution in [1.82, 2.24) is 0 Å². The molecule has 1 nitrogen and oxygen atoms in total. The summed E-state index contributed by atoms with van der Waals surface area (Å²) in [4.78, 5) is 0. The summed E-state index contributed by atoms with van der Waals surface area (Å²) in [6.45, 7) is 0.105. The van der Waals surface area contributed by atoms with E-state index in [1.165, 1.54) is 6.07 Å². The second-order valence-corrected chi connectivity index (χ2v) is 4.79. The zero-order chi connectivity index (χ0) is 14.6. The lowest BCUT2D eigenvalue weighted by Gasteiger charge is -2.11. The molecule has 0 saturated heterocycles. The first kappa shape index (κ1) is 14.9. The predicted octanol–water partition coefficient (Wildman–Crippen LogP) is 5.18. The van der Waals surface area contributed by atoms with Crippen molar-refractivity contribution in [1.29, 1.82) is 0 Å². The minimum absolute atomic E-state index is 0.105. The quantitative estimate of drug-likeness (QED) is 0.694. The van der Waals surface area contributed by atoms with Gasteiger partial charge in [-0.15, -0.1) is 0 Å². The average molecular weight is 345 g/mol. The highest BCUT2D eigenvalue weighted by Gasteiger charge is 2.30. The van der Waals surface area contributed by atoms with Crippen LogP contribution in [0.4, 0.5) is 13.2 Å². The number of alkyl halides is 4. The lowest BCUT2D eigenvalue weighted by molar-refractivity contribution is -0.137. The van der Waals surface area contributed by atoms with Crippen LogP contribution in [0, 0.1) is 0 Å². The van der Waals surface area contributed by atoms with Crippen molar-refractivity contribution in [3.8, 4) is 5.75 Å². The van der Waals surface area contributed by atoms with Crippen LogP contribution in [0.15, 0.2) is 48.5 Å². The molecule has 0 atom stereocenters. The Bertz CT molecular complexity index is 581. The van der Waals surface area contributed by atoms with Crippen molar-refractivity contribution < 1.29 is 17.9 Å². The number of benzene rings is 2. The minimum atomic E-state index is -4.33. The van der Waals surface area contributed by atoms with Crippen molar-refractivity contribution in [3.05, 3.63) is 65.2 Å². The van der Waals surface area contributed by atoms with Crippen LogP contribution in [0.25, 0.3) is 0 Å². The molecule has 0 aliphatic carbocycles. The molecule has 20 heavy (non-hydrogen) atoms. The summed E-state index contributed by atoms with van der Waals surface area (Å²) in [7, 11) is 0. The van der Waals surface area contributed by atoms with Gasteiger partial charge in [0.05, 0.1) is 5.56 Å². The molecular weight excluding hydrogens is 333 g/mol. The Morgan fingerprint density at radius 3 is 2.45 bits per heavy atom. The largest absolute Gasteiger partial charge is 0.489 e. The number of ether oxygens (including phenoxy) is 1. The molecule has 0 saturated carbocycles. The van der Waals surface area contributed by atoms with Gasteiger partial charge < -0.3 is 4.74 Å². The molecule has 0 spiro atoms. The van der Waals surface area contributed by atoms with E-state index in [-0.39, 0.29) is 6.61 Å². The topological polar surface area (TPSA) is 9.23 Å². The second-order valence-electron chi connectivity index (χ2n) is 4.23. The fourth-order valence-electron chi connectivity index (χ4n) is 1.75. The zero-order valence-corrected chi connectivity index (χ0v) is 12.0. The van der Waals surface area contributed by atoms with Crippen molar-refractivity contribution in [3.63, 3.8) is 0 Å². The second kappa shape index (κ2) is 6.31. The van der Waals surface area contributed by atoms with Crippen LogP contribution in [0.1, 0.15) is 16.7 Å². The highest BCUT2D eigenvalue weighted by Crippen LogP contribution is 2.30. The summed E-state index contributed by atoms with van der Waals surface area (Å²) in [5.74, 6) is 0.668. The van der Waals surface area contributed by atoms with E-state index in [1.54, 1.807) is 12.1 Å². The first-order valence-electron chi connectivity index (χ1n) is 5.93. The molecule has 0 aromatic heterocycles. The Morgan fingerprint density at radius 1 is 1.00 bits per heavy atom. The molecule has 0 heterocycles. The summed E-state index contributed by atoms with van der Waals surface area (Å²) in [6.07, 6.45) is -4.33. The van der Waals surface area contributed by atoms with Crippen molar-refractivity contribution >= 4 is 15.9 Å². The van der Waals surface area contributed by atoms with E-state index in [4.69, 9.17) is 4.74 Å². The minimum Gasteiger partial charge on any atom is -0.489 e. The first-order chi connectivity index (χ1) is 9.50. The molecule has 0 unspecified atom stereocenters. The number of para-hydroxylation sites is 1. The Hall–Kier alpha value is -1.49. The van der Waals surface area contributed by atoms with Gasteiger partial charge in [-0.05, 0) is 23.8 Å². The number of hydrogen-bond acceptors (Lipinski definition) is 1. The molecule has 0 amide bonds. The molecule has 5 heteroatoms. The van der Waals surface area contributed by atoms with Gasteiger partial charge in [0.15, 0.2) is 0 Å². The lowest BCUT2D eigenvalue weighted by atomic mass is 10.1. The fraction of sp³-hybridized carbons (Fsp3) is 0.200. The van der Waals surface area contributed by atoms with Crippen molar-refractivity contribution in [2.75, 3.05) is 0 Å². The number of rotatable bonds is 4. The molecule has 2 rings (SSSR count). The van der Waals surface area contributed by atoms with Crippen LogP contribution in [-0.4, -0.2) is 0 Å². The molecule has 0 bridgehead atoms.